The van der Waals surface area contributed by atoms with Crippen LogP contribution in [0.4, 0.5) is 17.1 Å². The van der Waals surface area contributed by atoms with E-state index in [-0.39, 0.29) is 5.41 Å². The summed E-state index contributed by atoms with van der Waals surface area (Å²) < 4.78 is 9.56. The predicted octanol–water partition coefficient (Wildman–Crippen LogP) is 17.1. The van der Waals surface area contributed by atoms with E-state index in [1.165, 1.54) is 86.6 Å². The van der Waals surface area contributed by atoms with Crippen molar-refractivity contribution >= 4 is 59.3 Å². The van der Waals surface area contributed by atoms with Crippen LogP contribution in [0.5, 0.6) is 11.5 Å². The van der Waals surface area contributed by atoms with Crippen LogP contribution >= 0.6 is 11.3 Å². The Balaban J connectivity index is 1.05. The van der Waals surface area contributed by atoms with E-state index in [1.807, 2.05) is 11.3 Å². The first-order chi connectivity index (χ1) is 32.0. The lowest BCUT2D eigenvalue weighted by Crippen LogP contribution is -2.32. The quantitative estimate of drug-likeness (QED) is 0.175. The lowest BCUT2D eigenvalue weighted by Gasteiger charge is -2.40. The highest BCUT2D eigenvalue weighted by Gasteiger charge is 2.51. The molecule has 0 atom stereocenters. The maximum Gasteiger partial charge on any atom is 0.132 e. The number of anilines is 3. The molecule has 2 aliphatic carbocycles. The number of para-hydroxylation sites is 1. The third kappa shape index (κ3) is 4.94. The standard InChI is InChI=1S/C62H41NOS/c1-61(2)49-23-9-5-17-42(49)45-32-30-38(36-53(45)61)63(55-34-33-41(40-16-3-4-20-46(40)55)47-22-15-29-59-60(47)48-21-8-14-28-58(48)65-59)39-31-35-57-54(37-39)62(52-26-12-13-27-56(52)64-57)50-24-10-6-18-43(50)44-19-7-11-25-51(44)62/h3-37H,1-2H3. The number of thiophene rings is 1. The third-order valence-electron chi connectivity index (χ3n) is 14.7. The summed E-state index contributed by atoms with van der Waals surface area (Å²) in [6.07, 6.45) is 0. The van der Waals surface area contributed by atoms with Gasteiger partial charge in [-0.1, -0.05) is 172 Å². The van der Waals surface area contributed by atoms with Crippen molar-refractivity contribution in [1.82, 2.24) is 0 Å². The van der Waals surface area contributed by atoms with Gasteiger partial charge in [-0.15, -0.1) is 11.3 Å². The first kappa shape index (κ1) is 36.7. The highest BCUT2D eigenvalue weighted by Crippen LogP contribution is 2.63. The average molecular weight is 848 g/mol. The molecule has 1 spiro atoms. The van der Waals surface area contributed by atoms with Gasteiger partial charge in [-0.05, 0) is 116 Å². The van der Waals surface area contributed by atoms with Crippen molar-refractivity contribution in [2.45, 2.75) is 24.7 Å². The fourth-order valence-corrected chi connectivity index (χ4v) is 13.1. The van der Waals surface area contributed by atoms with E-state index >= 15 is 0 Å². The van der Waals surface area contributed by atoms with Crippen LogP contribution in [-0.2, 0) is 10.8 Å². The molecule has 3 aliphatic rings. The van der Waals surface area contributed by atoms with Crippen LogP contribution in [0.15, 0.2) is 212 Å². The highest BCUT2D eigenvalue weighted by molar-refractivity contribution is 7.25. The van der Waals surface area contributed by atoms with E-state index in [1.54, 1.807) is 0 Å². The van der Waals surface area contributed by atoms with Gasteiger partial charge in [0.15, 0.2) is 0 Å². The minimum Gasteiger partial charge on any atom is -0.457 e. The number of hydrogen-bond acceptors (Lipinski definition) is 3. The van der Waals surface area contributed by atoms with E-state index in [9.17, 15) is 0 Å². The molecule has 2 nitrogen and oxygen atoms in total. The van der Waals surface area contributed by atoms with Crippen molar-refractivity contribution < 1.29 is 4.74 Å². The van der Waals surface area contributed by atoms with Crippen LogP contribution in [0.3, 0.4) is 0 Å². The second-order valence-electron chi connectivity index (χ2n) is 18.3. The van der Waals surface area contributed by atoms with Gasteiger partial charge >= 0.3 is 0 Å². The van der Waals surface area contributed by atoms with Crippen molar-refractivity contribution in [2.24, 2.45) is 0 Å². The second kappa shape index (κ2) is 13.4. The van der Waals surface area contributed by atoms with E-state index in [2.05, 4.69) is 231 Å². The Labute approximate surface area is 382 Å². The molecule has 0 bridgehead atoms. The lowest BCUT2D eigenvalue weighted by molar-refractivity contribution is 0.436. The molecule has 0 saturated carbocycles. The zero-order valence-electron chi connectivity index (χ0n) is 36.0. The van der Waals surface area contributed by atoms with Gasteiger partial charge in [0.05, 0.1) is 11.1 Å². The molecule has 2 heterocycles. The van der Waals surface area contributed by atoms with E-state index < -0.39 is 5.41 Å². The topological polar surface area (TPSA) is 12.5 Å². The normalized spacial score (nSPS) is 14.4. The molecule has 1 aliphatic heterocycles. The van der Waals surface area contributed by atoms with Crippen LogP contribution in [0, 0.1) is 0 Å². The smallest absolute Gasteiger partial charge is 0.132 e. The SMILES string of the molecule is CC1(C)c2ccccc2-c2ccc(N(c3ccc4c(c3)C3(c5ccccc5O4)c4ccccc4-c4ccccc43)c3ccc(-c4cccc5sc6ccccc6c45)c4ccccc34)cc21. The van der Waals surface area contributed by atoms with Gasteiger partial charge in [0, 0.05) is 53.5 Å². The molecule has 0 radical (unpaired) electrons. The molecule has 14 rings (SSSR count). The van der Waals surface area contributed by atoms with Gasteiger partial charge in [0.1, 0.15) is 11.5 Å². The monoisotopic (exact) mass is 847 g/mol. The Morgan fingerprint density at radius 1 is 0.369 bits per heavy atom. The maximum atomic E-state index is 6.94. The number of hydrogen-bond donors (Lipinski definition) is 0. The Hall–Kier alpha value is -7.72. The Morgan fingerprint density at radius 2 is 0.892 bits per heavy atom. The van der Waals surface area contributed by atoms with Crippen LogP contribution in [0.1, 0.15) is 47.2 Å². The minimum atomic E-state index is -0.589. The molecule has 1 aromatic heterocycles. The molecule has 306 valence electrons. The van der Waals surface area contributed by atoms with Crippen LogP contribution in [-0.4, -0.2) is 0 Å². The zero-order valence-corrected chi connectivity index (χ0v) is 36.8. The second-order valence-corrected chi connectivity index (χ2v) is 19.4. The lowest BCUT2D eigenvalue weighted by atomic mass is 9.66. The summed E-state index contributed by atoms with van der Waals surface area (Å²) in [7, 11) is 0. The summed E-state index contributed by atoms with van der Waals surface area (Å²) in [6, 6.07) is 78.9. The molecule has 0 unspecified atom stereocenters. The Morgan fingerprint density at radius 3 is 1.66 bits per heavy atom. The molecule has 3 heteroatoms. The number of nitrogens with zero attached hydrogens (tertiary/aromatic N) is 1. The zero-order chi connectivity index (χ0) is 43.0. The number of rotatable bonds is 4. The first-order valence-electron chi connectivity index (χ1n) is 22.6. The van der Waals surface area contributed by atoms with Gasteiger partial charge < -0.3 is 9.64 Å². The van der Waals surface area contributed by atoms with Crippen molar-refractivity contribution in [1.29, 1.82) is 0 Å². The molecule has 0 N–H and O–H groups in total. The molecular weight excluding hydrogens is 807 g/mol. The third-order valence-corrected chi connectivity index (χ3v) is 15.9. The van der Waals surface area contributed by atoms with E-state index in [0.29, 0.717) is 0 Å². The minimum absolute atomic E-state index is 0.170. The number of fused-ring (bicyclic) bond motifs is 16. The summed E-state index contributed by atoms with van der Waals surface area (Å²) >= 11 is 1.87. The van der Waals surface area contributed by atoms with E-state index in [4.69, 9.17) is 4.74 Å². The fourth-order valence-electron chi connectivity index (χ4n) is 12.0. The highest BCUT2D eigenvalue weighted by atomic mass is 32.1. The summed E-state index contributed by atoms with van der Waals surface area (Å²) in [6.45, 7) is 4.74. The molecule has 0 amide bonds. The van der Waals surface area contributed by atoms with Crippen LogP contribution in [0.25, 0.3) is 64.3 Å². The molecular formula is C62H41NOS. The van der Waals surface area contributed by atoms with Crippen molar-refractivity contribution in [2.75, 3.05) is 4.90 Å². The summed E-state index contributed by atoms with van der Waals surface area (Å²) in [4.78, 5) is 2.51. The van der Waals surface area contributed by atoms with Gasteiger partial charge in [0.2, 0.25) is 0 Å². The van der Waals surface area contributed by atoms with Crippen molar-refractivity contribution in [3.63, 3.8) is 0 Å². The average Bonchev–Trinajstić information content (AvgIpc) is 3.96. The van der Waals surface area contributed by atoms with Crippen LogP contribution < -0.4 is 9.64 Å². The fraction of sp³-hybridized carbons (Fsp3) is 0.0645. The van der Waals surface area contributed by atoms with E-state index in [0.717, 1.165) is 39.7 Å². The molecule has 65 heavy (non-hydrogen) atoms. The molecule has 0 saturated heterocycles. The van der Waals surface area contributed by atoms with Gasteiger partial charge in [0.25, 0.3) is 0 Å². The van der Waals surface area contributed by atoms with Gasteiger partial charge in [-0.25, -0.2) is 0 Å². The summed E-state index contributed by atoms with van der Waals surface area (Å²) in [5, 5.41) is 5.04. The Kier molecular flexibility index (Phi) is 7.57. The van der Waals surface area contributed by atoms with Gasteiger partial charge in [-0.2, -0.15) is 0 Å². The number of ether oxygens (including phenoxy) is 1. The van der Waals surface area contributed by atoms with Crippen LogP contribution in [0.2, 0.25) is 0 Å². The van der Waals surface area contributed by atoms with Gasteiger partial charge in [-0.3, -0.25) is 0 Å². The molecule has 0 fully saturated rings. The molecule has 10 aromatic carbocycles. The van der Waals surface area contributed by atoms with Crippen molar-refractivity contribution in [3.8, 4) is 44.9 Å². The largest absolute Gasteiger partial charge is 0.457 e. The summed E-state index contributed by atoms with van der Waals surface area (Å²) in [5.41, 5.74) is 17.8. The maximum absolute atomic E-state index is 6.94. The molecule has 11 aromatic rings. The summed E-state index contributed by atoms with van der Waals surface area (Å²) in [5.74, 6) is 1.77. The van der Waals surface area contributed by atoms with Crippen molar-refractivity contribution in [3.05, 3.63) is 246 Å². The Bertz CT molecular complexity index is 3770. The number of benzene rings is 10. The predicted molar refractivity (Wildman–Crippen MR) is 272 cm³/mol. The first-order valence-corrected chi connectivity index (χ1v) is 23.4.